The zero-order valence-electron chi connectivity index (χ0n) is 13.6. The van der Waals surface area contributed by atoms with Crippen LogP contribution < -0.4 is 10.6 Å². The molecule has 0 saturated heterocycles. The summed E-state index contributed by atoms with van der Waals surface area (Å²) < 4.78 is 0.990. The van der Waals surface area contributed by atoms with E-state index in [1.165, 1.54) is 0 Å². The van der Waals surface area contributed by atoms with Gasteiger partial charge in [0.1, 0.15) is 0 Å². The standard InChI is InChI=1S/C19H21BrN2O2/c1-14(16-9-5-10-17(20)13-16)22-18(23)11-6-12-21-19(24)15-7-3-2-4-8-15/h2-5,7-10,13-14H,6,11-12H2,1H3,(H,21,24)(H,22,23). The summed E-state index contributed by atoms with van der Waals surface area (Å²) in [6.07, 6.45) is 0.989. The lowest BCUT2D eigenvalue weighted by Crippen LogP contribution is -2.29. The number of hydrogen-bond acceptors (Lipinski definition) is 2. The van der Waals surface area contributed by atoms with Gasteiger partial charge < -0.3 is 10.6 Å². The van der Waals surface area contributed by atoms with Gasteiger partial charge in [-0.05, 0) is 43.2 Å². The summed E-state index contributed by atoms with van der Waals surface area (Å²) in [7, 11) is 0. The molecule has 0 saturated carbocycles. The Bertz CT molecular complexity index is 689. The molecule has 0 fully saturated rings. The lowest BCUT2D eigenvalue weighted by Gasteiger charge is -2.14. The number of amides is 2. The number of benzene rings is 2. The van der Waals surface area contributed by atoms with Gasteiger partial charge in [0.2, 0.25) is 5.91 Å². The van der Waals surface area contributed by atoms with Crippen molar-refractivity contribution in [2.75, 3.05) is 6.54 Å². The molecule has 126 valence electrons. The molecule has 2 amide bonds. The predicted octanol–water partition coefficient (Wildman–Crippen LogP) is 3.84. The van der Waals surface area contributed by atoms with Gasteiger partial charge in [-0.1, -0.05) is 46.3 Å². The predicted molar refractivity (Wildman–Crippen MR) is 98.7 cm³/mol. The van der Waals surface area contributed by atoms with Crippen LogP contribution in [-0.4, -0.2) is 18.4 Å². The molecule has 5 heteroatoms. The Morgan fingerprint density at radius 1 is 1.08 bits per heavy atom. The van der Waals surface area contributed by atoms with Gasteiger partial charge in [-0.2, -0.15) is 0 Å². The normalized spacial score (nSPS) is 11.6. The van der Waals surface area contributed by atoms with Gasteiger partial charge in [0.15, 0.2) is 0 Å². The van der Waals surface area contributed by atoms with Crippen molar-refractivity contribution < 1.29 is 9.59 Å². The lowest BCUT2D eigenvalue weighted by molar-refractivity contribution is -0.121. The minimum absolute atomic E-state index is 0.0172. The smallest absolute Gasteiger partial charge is 0.251 e. The van der Waals surface area contributed by atoms with Crippen molar-refractivity contribution in [3.8, 4) is 0 Å². The van der Waals surface area contributed by atoms with E-state index in [0.717, 1.165) is 10.0 Å². The van der Waals surface area contributed by atoms with E-state index in [1.807, 2.05) is 49.4 Å². The third-order valence-electron chi connectivity index (χ3n) is 3.63. The Hall–Kier alpha value is -2.14. The van der Waals surface area contributed by atoms with Crippen LogP contribution in [0.25, 0.3) is 0 Å². The van der Waals surface area contributed by atoms with Crippen molar-refractivity contribution in [2.24, 2.45) is 0 Å². The zero-order valence-corrected chi connectivity index (χ0v) is 15.2. The molecule has 2 rings (SSSR count). The number of halogens is 1. The molecule has 2 aromatic rings. The molecule has 0 heterocycles. The summed E-state index contributed by atoms with van der Waals surface area (Å²) in [5.74, 6) is -0.130. The Morgan fingerprint density at radius 3 is 2.54 bits per heavy atom. The topological polar surface area (TPSA) is 58.2 Å². The van der Waals surface area contributed by atoms with Gasteiger partial charge in [-0.3, -0.25) is 9.59 Å². The third kappa shape index (κ3) is 5.81. The van der Waals surface area contributed by atoms with Crippen molar-refractivity contribution in [3.05, 3.63) is 70.2 Å². The largest absolute Gasteiger partial charge is 0.352 e. The number of hydrogen-bond donors (Lipinski definition) is 2. The third-order valence-corrected chi connectivity index (χ3v) is 4.12. The Morgan fingerprint density at radius 2 is 1.83 bits per heavy atom. The number of carbonyl (C=O) groups is 2. The van der Waals surface area contributed by atoms with Crippen LogP contribution in [0.15, 0.2) is 59.1 Å². The van der Waals surface area contributed by atoms with Crippen molar-refractivity contribution >= 4 is 27.7 Å². The van der Waals surface area contributed by atoms with Crippen molar-refractivity contribution in [1.29, 1.82) is 0 Å². The van der Waals surface area contributed by atoms with E-state index in [1.54, 1.807) is 12.1 Å². The quantitative estimate of drug-likeness (QED) is 0.707. The van der Waals surface area contributed by atoms with Gasteiger partial charge in [-0.25, -0.2) is 0 Å². The number of rotatable bonds is 7. The zero-order chi connectivity index (χ0) is 17.4. The highest BCUT2D eigenvalue weighted by Gasteiger charge is 2.10. The second kappa shape index (κ2) is 9.23. The lowest BCUT2D eigenvalue weighted by atomic mass is 10.1. The summed E-state index contributed by atoms with van der Waals surface area (Å²) in [5, 5.41) is 5.79. The molecule has 0 aliphatic heterocycles. The first-order valence-corrected chi connectivity index (χ1v) is 8.73. The van der Waals surface area contributed by atoms with E-state index in [2.05, 4.69) is 26.6 Å². The monoisotopic (exact) mass is 388 g/mol. The van der Waals surface area contributed by atoms with E-state index in [-0.39, 0.29) is 17.9 Å². The molecule has 0 aliphatic carbocycles. The van der Waals surface area contributed by atoms with Crippen LogP contribution in [0.3, 0.4) is 0 Å². The fraction of sp³-hybridized carbons (Fsp3) is 0.263. The Labute approximate surface area is 150 Å². The molecule has 0 radical (unpaired) electrons. The van der Waals surface area contributed by atoms with Crippen LogP contribution in [0.5, 0.6) is 0 Å². The van der Waals surface area contributed by atoms with Crippen LogP contribution >= 0.6 is 15.9 Å². The van der Waals surface area contributed by atoms with Gasteiger partial charge in [0.25, 0.3) is 5.91 Å². The molecule has 1 atom stereocenters. The molecule has 0 spiro atoms. The van der Waals surface area contributed by atoms with Crippen LogP contribution in [0.2, 0.25) is 0 Å². The van der Waals surface area contributed by atoms with E-state index >= 15 is 0 Å². The van der Waals surface area contributed by atoms with E-state index in [9.17, 15) is 9.59 Å². The van der Waals surface area contributed by atoms with Crippen LogP contribution in [0, 0.1) is 0 Å². The highest BCUT2D eigenvalue weighted by molar-refractivity contribution is 9.10. The maximum absolute atomic E-state index is 12.0. The fourth-order valence-electron chi connectivity index (χ4n) is 2.32. The maximum Gasteiger partial charge on any atom is 0.251 e. The molecule has 24 heavy (non-hydrogen) atoms. The Balaban J connectivity index is 1.69. The highest BCUT2D eigenvalue weighted by Crippen LogP contribution is 2.17. The summed E-state index contributed by atoms with van der Waals surface area (Å²) in [4.78, 5) is 23.9. The fourth-order valence-corrected chi connectivity index (χ4v) is 2.73. The van der Waals surface area contributed by atoms with Gasteiger partial charge in [-0.15, -0.1) is 0 Å². The minimum atomic E-state index is -0.112. The number of carbonyl (C=O) groups excluding carboxylic acids is 2. The minimum Gasteiger partial charge on any atom is -0.352 e. The SMILES string of the molecule is CC(NC(=O)CCCNC(=O)c1ccccc1)c1cccc(Br)c1. The molecule has 2 N–H and O–H groups in total. The van der Waals surface area contributed by atoms with Crippen LogP contribution in [-0.2, 0) is 4.79 Å². The van der Waals surface area contributed by atoms with Crippen LogP contribution in [0.1, 0.15) is 41.7 Å². The number of nitrogens with one attached hydrogen (secondary N) is 2. The summed E-state index contributed by atoms with van der Waals surface area (Å²) in [5.41, 5.74) is 1.68. The van der Waals surface area contributed by atoms with E-state index < -0.39 is 0 Å². The van der Waals surface area contributed by atoms with E-state index in [4.69, 9.17) is 0 Å². The highest BCUT2D eigenvalue weighted by atomic mass is 79.9. The second-order valence-corrected chi connectivity index (χ2v) is 6.49. The molecular formula is C19H21BrN2O2. The molecule has 1 unspecified atom stereocenters. The van der Waals surface area contributed by atoms with Crippen LogP contribution in [0.4, 0.5) is 0 Å². The van der Waals surface area contributed by atoms with Crippen molar-refractivity contribution in [3.63, 3.8) is 0 Å². The summed E-state index contributed by atoms with van der Waals surface area (Å²) in [6, 6.07) is 16.9. The second-order valence-electron chi connectivity index (χ2n) is 5.57. The summed E-state index contributed by atoms with van der Waals surface area (Å²) in [6.45, 7) is 2.43. The van der Waals surface area contributed by atoms with Gasteiger partial charge in [0, 0.05) is 23.0 Å². The van der Waals surface area contributed by atoms with Crippen molar-refractivity contribution in [2.45, 2.75) is 25.8 Å². The molecular weight excluding hydrogens is 368 g/mol. The van der Waals surface area contributed by atoms with Gasteiger partial charge >= 0.3 is 0 Å². The first kappa shape index (κ1) is 18.2. The van der Waals surface area contributed by atoms with Crippen molar-refractivity contribution in [1.82, 2.24) is 10.6 Å². The molecule has 0 aromatic heterocycles. The Kier molecular flexibility index (Phi) is 7.00. The molecule has 4 nitrogen and oxygen atoms in total. The molecule has 0 aliphatic rings. The first-order valence-electron chi connectivity index (χ1n) is 7.94. The molecule has 0 bridgehead atoms. The first-order chi connectivity index (χ1) is 11.6. The van der Waals surface area contributed by atoms with E-state index in [0.29, 0.717) is 24.9 Å². The average molecular weight is 389 g/mol. The maximum atomic E-state index is 12.0. The van der Waals surface area contributed by atoms with Gasteiger partial charge in [0.05, 0.1) is 6.04 Å². The molecule has 2 aromatic carbocycles. The summed E-state index contributed by atoms with van der Waals surface area (Å²) >= 11 is 3.43. The average Bonchev–Trinajstić information content (AvgIpc) is 2.59.